The summed E-state index contributed by atoms with van der Waals surface area (Å²) in [6.07, 6.45) is 1.71. The number of amides is 1. The molecule has 0 aliphatic heterocycles. The van der Waals surface area contributed by atoms with E-state index in [0.717, 1.165) is 16.8 Å². The van der Waals surface area contributed by atoms with E-state index in [2.05, 4.69) is 4.98 Å². The molecule has 0 aliphatic rings. The second-order valence-corrected chi connectivity index (χ2v) is 5.85. The number of carboxylic acid groups (broad SMARTS) is 1. The van der Waals surface area contributed by atoms with Gasteiger partial charge in [0.1, 0.15) is 18.0 Å². The lowest BCUT2D eigenvalue weighted by Gasteiger charge is -2.21. The number of carbonyl (C=O) groups excluding carboxylic acids is 1. The van der Waals surface area contributed by atoms with E-state index in [0.29, 0.717) is 11.5 Å². The summed E-state index contributed by atoms with van der Waals surface area (Å²) in [6.45, 7) is 1.61. The first-order valence-electron chi connectivity index (χ1n) is 8.04. The molecule has 1 amide bonds. The van der Waals surface area contributed by atoms with Crippen LogP contribution in [0.15, 0.2) is 36.5 Å². The Bertz CT molecular complexity index is 752. The molecule has 7 heteroatoms. The second-order valence-electron chi connectivity index (χ2n) is 5.85. The van der Waals surface area contributed by atoms with Crippen molar-refractivity contribution in [3.05, 3.63) is 53.3 Å². The van der Waals surface area contributed by atoms with Gasteiger partial charge < -0.3 is 19.5 Å². The number of ether oxygens (including phenoxy) is 2. The summed E-state index contributed by atoms with van der Waals surface area (Å²) in [5.41, 5.74) is 2.31. The molecule has 0 unspecified atom stereocenters. The lowest BCUT2D eigenvalue weighted by atomic mass is 10.1. The molecule has 0 radical (unpaired) electrons. The summed E-state index contributed by atoms with van der Waals surface area (Å²) in [4.78, 5) is 29.3. The van der Waals surface area contributed by atoms with Gasteiger partial charge in [0.15, 0.2) is 0 Å². The van der Waals surface area contributed by atoms with Crippen LogP contribution in [0.5, 0.6) is 11.5 Å². The third-order valence-corrected chi connectivity index (χ3v) is 3.79. The Kier molecular flexibility index (Phi) is 6.54. The van der Waals surface area contributed by atoms with Crippen LogP contribution in [0.25, 0.3) is 0 Å². The number of rotatable bonds is 8. The Morgan fingerprint density at radius 2 is 1.73 bits per heavy atom. The zero-order valence-corrected chi connectivity index (χ0v) is 15.1. The van der Waals surface area contributed by atoms with Crippen LogP contribution in [-0.4, -0.2) is 47.6 Å². The Labute approximate surface area is 152 Å². The number of aromatic nitrogens is 1. The van der Waals surface area contributed by atoms with Gasteiger partial charge in [0.05, 0.1) is 20.6 Å². The molecule has 0 spiro atoms. The van der Waals surface area contributed by atoms with Crippen LogP contribution in [0, 0.1) is 6.92 Å². The van der Waals surface area contributed by atoms with E-state index in [4.69, 9.17) is 14.6 Å². The standard InChI is InChI=1S/C19H22N2O5/c1-13-4-5-14(10-20-13)8-18(22)21(12-19(23)24)11-15-6-16(25-2)9-17(7-15)26-3/h4-7,9-10H,8,11-12H2,1-3H3,(H,23,24). The molecule has 0 saturated heterocycles. The van der Waals surface area contributed by atoms with Crippen molar-refractivity contribution in [1.29, 1.82) is 0 Å². The fourth-order valence-corrected chi connectivity index (χ4v) is 2.46. The molecule has 2 aromatic rings. The average molecular weight is 358 g/mol. The fraction of sp³-hybridized carbons (Fsp3) is 0.316. The summed E-state index contributed by atoms with van der Waals surface area (Å²) in [5, 5.41) is 9.16. The Hall–Kier alpha value is -3.09. The number of pyridine rings is 1. The number of nitrogens with zero attached hydrogens (tertiary/aromatic N) is 2. The van der Waals surface area contributed by atoms with Crippen LogP contribution in [-0.2, 0) is 22.6 Å². The third kappa shape index (κ3) is 5.47. The molecule has 7 nitrogen and oxygen atoms in total. The molecule has 138 valence electrons. The van der Waals surface area contributed by atoms with Gasteiger partial charge in [0, 0.05) is 24.5 Å². The molecule has 0 aliphatic carbocycles. The van der Waals surface area contributed by atoms with E-state index in [1.165, 1.54) is 19.1 Å². The van der Waals surface area contributed by atoms with E-state index in [-0.39, 0.29) is 18.9 Å². The zero-order chi connectivity index (χ0) is 19.1. The topological polar surface area (TPSA) is 89.0 Å². The van der Waals surface area contributed by atoms with Gasteiger partial charge >= 0.3 is 5.97 Å². The molecule has 1 N–H and O–H groups in total. The van der Waals surface area contributed by atoms with Gasteiger partial charge in [0.25, 0.3) is 0 Å². The molecule has 2 rings (SSSR count). The van der Waals surface area contributed by atoms with Gasteiger partial charge in [-0.15, -0.1) is 0 Å². The maximum absolute atomic E-state index is 12.6. The van der Waals surface area contributed by atoms with Crippen LogP contribution < -0.4 is 9.47 Å². The van der Waals surface area contributed by atoms with Gasteiger partial charge in [-0.25, -0.2) is 0 Å². The van der Waals surface area contributed by atoms with Gasteiger partial charge in [-0.05, 0) is 36.2 Å². The van der Waals surface area contributed by atoms with Crippen molar-refractivity contribution in [3.63, 3.8) is 0 Å². The first-order chi connectivity index (χ1) is 12.4. The maximum atomic E-state index is 12.6. The van der Waals surface area contributed by atoms with Crippen molar-refractivity contribution < 1.29 is 24.2 Å². The Balaban J connectivity index is 2.19. The number of benzene rings is 1. The number of carboxylic acids is 1. The number of aliphatic carboxylic acids is 1. The minimum atomic E-state index is -1.07. The van der Waals surface area contributed by atoms with E-state index in [1.54, 1.807) is 24.4 Å². The van der Waals surface area contributed by atoms with E-state index in [1.807, 2.05) is 19.1 Å². The normalized spacial score (nSPS) is 10.3. The molecule has 1 aromatic carbocycles. The van der Waals surface area contributed by atoms with Crippen LogP contribution in [0.2, 0.25) is 0 Å². The van der Waals surface area contributed by atoms with Crippen molar-refractivity contribution >= 4 is 11.9 Å². The summed E-state index contributed by atoms with van der Waals surface area (Å²) >= 11 is 0. The largest absolute Gasteiger partial charge is 0.497 e. The lowest BCUT2D eigenvalue weighted by molar-refractivity contribution is -0.144. The Morgan fingerprint density at radius 3 is 2.23 bits per heavy atom. The van der Waals surface area contributed by atoms with E-state index in [9.17, 15) is 9.59 Å². The molecule has 0 saturated carbocycles. The predicted molar refractivity (Wildman–Crippen MR) is 95.3 cm³/mol. The summed E-state index contributed by atoms with van der Waals surface area (Å²) in [6, 6.07) is 8.84. The first-order valence-corrected chi connectivity index (χ1v) is 8.04. The third-order valence-electron chi connectivity index (χ3n) is 3.79. The molecule has 1 aromatic heterocycles. The maximum Gasteiger partial charge on any atom is 0.323 e. The van der Waals surface area contributed by atoms with Crippen molar-refractivity contribution in [2.24, 2.45) is 0 Å². The second kappa shape index (κ2) is 8.84. The van der Waals surface area contributed by atoms with Crippen LogP contribution in [0.1, 0.15) is 16.8 Å². The van der Waals surface area contributed by atoms with Gasteiger partial charge in [0.2, 0.25) is 5.91 Å². The molecule has 26 heavy (non-hydrogen) atoms. The summed E-state index contributed by atoms with van der Waals surface area (Å²) < 4.78 is 10.4. The van der Waals surface area contributed by atoms with Crippen LogP contribution in [0.3, 0.4) is 0 Å². The molecule has 0 fully saturated rings. The van der Waals surface area contributed by atoms with Crippen molar-refractivity contribution in [1.82, 2.24) is 9.88 Å². The number of hydrogen-bond donors (Lipinski definition) is 1. The highest BCUT2D eigenvalue weighted by Crippen LogP contribution is 2.23. The van der Waals surface area contributed by atoms with E-state index < -0.39 is 12.5 Å². The van der Waals surface area contributed by atoms with Crippen molar-refractivity contribution in [3.8, 4) is 11.5 Å². The van der Waals surface area contributed by atoms with Crippen molar-refractivity contribution in [2.75, 3.05) is 20.8 Å². The highest BCUT2D eigenvalue weighted by molar-refractivity contribution is 5.83. The van der Waals surface area contributed by atoms with Gasteiger partial charge in [-0.2, -0.15) is 0 Å². The highest BCUT2D eigenvalue weighted by Gasteiger charge is 2.18. The first kappa shape index (κ1) is 19.2. The van der Waals surface area contributed by atoms with Gasteiger partial charge in [-0.3, -0.25) is 14.6 Å². The number of aryl methyl sites for hydroxylation is 1. The minimum Gasteiger partial charge on any atom is -0.497 e. The zero-order valence-electron chi connectivity index (χ0n) is 15.1. The van der Waals surface area contributed by atoms with Crippen LogP contribution in [0.4, 0.5) is 0 Å². The summed E-state index contributed by atoms with van der Waals surface area (Å²) in [7, 11) is 3.06. The number of methoxy groups -OCH3 is 2. The van der Waals surface area contributed by atoms with Crippen LogP contribution >= 0.6 is 0 Å². The fourth-order valence-electron chi connectivity index (χ4n) is 2.46. The van der Waals surface area contributed by atoms with Crippen molar-refractivity contribution in [2.45, 2.75) is 19.9 Å². The molecular formula is C19H22N2O5. The predicted octanol–water partition coefficient (Wildman–Crippen LogP) is 2.06. The summed E-state index contributed by atoms with van der Waals surface area (Å²) in [5.74, 6) is -0.218. The molecule has 0 atom stereocenters. The smallest absolute Gasteiger partial charge is 0.323 e. The van der Waals surface area contributed by atoms with E-state index >= 15 is 0 Å². The minimum absolute atomic E-state index is 0.0850. The quantitative estimate of drug-likeness (QED) is 0.777. The SMILES string of the molecule is COc1cc(CN(CC(=O)O)C(=O)Cc2ccc(C)nc2)cc(OC)c1. The molecule has 0 bridgehead atoms. The molecular weight excluding hydrogens is 336 g/mol. The monoisotopic (exact) mass is 358 g/mol. The lowest BCUT2D eigenvalue weighted by Crippen LogP contribution is -2.36. The Morgan fingerprint density at radius 1 is 1.08 bits per heavy atom. The van der Waals surface area contributed by atoms with Gasteiger partial charge in [-0.1, -0.05) is 6.07 Å². The number of hydrogen-bond acceptors (Lipinski definition) is 5. The molecule has 1 heterocycles. The number of carbonyl (C=O) groups is 2. The highest BCUT2D eigenvalue weighted by atomic mass is 16.5. The average Bonchev–Trinajstić information content (AvgIpc) is 2.62.